The molecule has 1 unspecified atom stereocenters. The van der Waals surface area contributed by atoms with E-state index >= 15 is 0 Å². The Hall–Kier alpha value is -1.94. The van der Waals surface area contributed by atoms with Crippen LogP contribution in [0.15, 0.2) is 18.2 Å². The van der Waals surface area contributed by atoms with Crippen LogP contribution in [-0.2, 0) is 14.6 Å². The Bertz CT molecular complexity index is 826. The van der Waals surface area contributed by atoms with Crippen molar-refractivity contribution >= 4 is 33.4 Å². The zero-order valence-corrected chi connectivity index (χ0v) is 18.5. The molecule has 2 rings (SSSR count). The lowest BCUT2D eigenvalue weighted by atomic mass is 10.1. The Kier molecular flexibility index (Phi) is 8.63. The standard InChI is InChI=1S/C19H28N2O6S2/c1-13(2)6-8-27-16-5-4-14(10-17(16)26-3)19(23)21-20-18(22)11-28-15-7-9-29(24,25)12-15/h4-5,10,13,15H,6-9,11-12H2,1-3H3,(H,20,22)(H,21,23). The number of nitrogens with one attached hydrogen (secondary N) is 2. The molecule has 0 spiro atoms. The third-order valence-corrected chi connectivity index (χ3v) is 7.62. The van der Waals surface area contributed by atoms with Crippen molar-refractivity contribution in [1.29, 1.82) is 0 Å². The van der Waals surface area contributed by atoms with Crippen molar-refractivity contribution < 1.29 is 27.5 Å². The zero-order valence-electron chi connectivity index (χ0n) is 16.9. The summed E-state index contributed by atoms with van der Waals surface area (Å²) < 4.78 is 33.8. The summed E-state index contributed by atoms with van der Waals surface area (Å²) >= 11 is 1.28. The second-order valence-electron chi connectivity index (χ2n) is 7.23. The predicted molar refractivity (Wildman–Crippen MR) is 113 cm³/mol. The first kappa shape index (κ1) is 23.3. The van der Waals surface area contributed by atoms with E-state index in [0.29, 0.717) is 36.0 Å². The van der Waals surface area contributed by atoms with E-state index in [1.807, 2.05) is 0 Å². The van der Waals surface area contributed by atoms with Crippen molar-refractivity contribution in [1.82, 2.24) is 10.9 Å². The molecule has 0 radical (unpaired) electrons. The van der Waals surface area contributed by atoms with Gasteiger partial charge in [0.1, 0.15) is 0 Å². The molecule has 1 atom stereocenters. The summed E-state index contributed by atoms with van der Waals surface area (Å²) in [6.07, 6.45) is 1.46. The van der Waals surface area contributed by atoms with Gasteiger partial charge in [-0.3, -0.25) is 20.4 Å². The molecule has 1 saturated heterocycles. The molecular weight excluding hydrogens is 416 g/mol. The summed E-state index contributed by atoms with van der Waals surface area (Å²) in [7, 11) is -1.48. The highest BCUT2D eigenvalue weighted by Crippen LogP contribution is 2.28. The molecule has 0 aromatic heterocycles. The lowest BCUT2D eigenvalue weighted by Crippen LogP contribution is -2.42. The average molecular weight is 445 g/mol. The molecule has 2 N–H and O–H groups in total. The second kappa shape index (κ2) is 10.7. The van der Waals surface area contributed by atoms with E-state index in [2.05, 4.69) is 24.7 Å². The van der Waals surface area contributed by atoms with E-state index < -0.39 is 21.7 Å². The number of methoxy groups -OCH3 is 1. The zero-order chi connectivity index (χ0) is 21.4. The van der Waals surface area contributed by atoms with Crippen LogP contribution in [0, 0.1) is 5.92 Å². The normalized spacial score (nSPS) is 17.7. The number of sulfone groups is 1. The van der Waals surface area contributed by atoms with Crippen LogP contribution in [0.4, 0.5) is 0 Å². The Morgan fingerprint density at radius 3 is 2.62 bits per heavy atom. The number of amides is 2. The minimum atomic E-state index is -2.97. The fourth-order valence-corrected chi connectivity index (χ4v) is 6.10. The fourth-order valence-electron chi connectivity index (χ4n) is 2.65. The minimum Gasteiger partial charge on any atom is -0.493 e. The Balaban J connectivity index is 1.81. The smallest absolute Gasteiger partial charge is 0.269 e. The van der Waals surface area contributed by atoms with Crippen LogP contribution in [0.2, 0.25) is 0 Å². The molecule has 1 aliphatic heterocycles. The molecule has 1 aromatic rings. The fraction of sp³-hybridized carbons (Fsp3) is 0.579. The highest BCUT2D eigenvalue weighted by Gasteiger charge is 2.28. The van der Waals surface area contributed by atoms with Crippen molar-refractivity contribution in [2.24, 2.45) is 5.92 Å². The van der Waals surface area contributed by atoms with E-state index in [1.165, 1.54) is 18.9 Å². The summed E-state index contributed by atoms with van der Waals surface area (Å²) in [6, 6.07) is 4.80. The van der Waals surface area contributed by atoms with Crippen LogP contribution in [-0.4, -0.2) is 56.5 Å². The predicted octanol–water partition coefficient (Wildman–Crippen LogP) is 1.80. The number of hydrogen-bond donors (Lipinski definition) is 2. The number of carbonyl (C=O) groups is 2. The van der Waals surface area contributed by atoms with Gasteiger partial charge in [0.15, 0.2) is 21.3 Å². The lowest BCUT2D eigenvalue weighted by molar-refractivity contribution is -0.119. The molecule has 162 valence electrons. The van der Waals surface area contributed by atoms with Crippen molar-refractivity contribution in [2.45, 2.75) is 31.9 Å². The molecule has 8 nitrogen and oxygen atoms in total. The largest absolute Gasteiger partial charge is 0.493 e. The van der Waals surface area contributed by atoms with Gasteiger partial charge in [0, 0.05) is 10.8 Å². The third kappa shape index (κ3) is 7.77. The molecule has 1 aromatic carbocycles. The van der Waals surface area contributed by atoms with Gasteiger partial charge < -0.3 is 9.47 Å². The van der Waals surface area contributed by atoms with Crippen molar-refractivity contribution in [3.63, 3.8) is 0 Å². The molecule has 1 fully saturated rings. The highest BCUT2D eigenvalue weighted by molar-refractivity contribution is 8.02. The summed E-state index contributed by atoms with van der Waals surface area (Å²) in [5, 5.41) is -0.0750. The summed E-state index contributed by atoms with van der Waals surface area (Å²) in [5.41, 5.74) is 5.01. The van der Waals surface area contributed by atoms with Gasteiger partial charge >= 0.3 is 0 Å². The molecule has 0 saturated carbocycles. The third-order valence-electron chi connectivity index (χ3n) is 4.33. The summed E-state index contributed by atoms with van der Waals surface area (Å²) in [4.78, 5) is 24.2. The number of hydrazine groups is 1. The van der Waals surface area contributed by atoms with Crippen LogP contribution in [0.25, 0.3) is 0 Å². The first-order chi connectivity index (χ1) is 13.7. The monoisotopic (exact) mass is 444 g/mol. The maximum Gasteiger partial charge on any atom is 0.269 e. The molecular formula is C19H28N2O6S2. The van der Waals surface area contributed by atoms with Gasteiger partial charge in [-0.1, -0.05) is 13.8 Å². The van der Waals surface area contributed by atoms with Crippen LogP contribution >= 0.6 is 11.8 Å². The van der Waals surface area contributed by atoms with Crippen molar-refractivity contribution in [3.05, 3.63) is 23.8 Å². The van der Waals surface area contributed by atoms with E-state index in [-0.39, 0.29) is 22.5 Å². The topological polar surface area (TPSA) is 111 Å². The van der Waals surface area contributed by atoms with Gasteiger partial charge in [-0.05, 0) is 37.0 Å². The Labute approximate surface area is 176 Å². The molecule has 0 bridgehead atoms. The lowest BCUT2D eigenvalue weighted by Gasteiger charge is -2.13. The number of rotatable bonds is 9. The van der Waals surface area contributed by atoms with E-state index in [1.54, 1.807) is 18.2 Å². The average Bonchev–Trinajstić information content (AvgIpc) is 3.03. The van der Waals surface area contributed by atoms with Crippen molar-refractivity contribution in [2.75, 3.05) is 31.0 Å². The van der Waals surface area contributed by atoms with Gasteiger partial charge in [0.05, 0.1) is 31.0 Å². The first-order valence-electron chi connectivity index (χ1n) is 9.42. The van der Waals surface area contributed by atoms with Gasteiger partial charge in [-0.25, -0.2) is 8.42 Å². The summed E-state index contributed by atoms with van der Waals surface area (Å²) in [6.45, 7) is 4.77. The Morgan fingerprint density at radius 1 is 1.24 bits per heavy atom. The number of carbonyl (C=O) groups excluding carboxylic acids is 2. The van der Waals surface area contributed by atoms with Crippen molar-refractivity contribution in [3.8, 4) is 11.5 Å². The number of hydrogen-bond acceptors (Lipinski definition) is 7. The molecule has 2 amide bonds. The molecule has 1 aliphatic rings. The van der Waals surface area contributed by atoms with Gasteiger partial charge in [0.2, 0.25) is 5.91 Å². The van der Waals surface area contributed by atoms with Crippen LogP contribution in [0.3, 0.4) is 0 Å². The molecule has 0 aliphatic carbocycles. The summed E-state index contributed by atoms with van der Waals surface area (Å²) in [5.74, 6) is 0.970. The van der Waals surface area contributed by atoms with Crippen LogP contribution in [0.1, 0.15) is 37.0 Å². The van der Waals surface area contributed by atoms with Gasteiger partial charge in [-0.2, -0.15) is 0 Å². The molecule has 10 heteroatoms. The van der Waals surface area contributed by atoms with E-state index in [0.717, 1.165) is 6.42 Å². The molecule has 1 heterocycles. The van der Waals surface area contributed by atoms with Crippen LogP contribution in [0.5, 0.6) is 11.5 Å². The Morgan fingerprint density at radius 2 is 2.00 bits per heavy atom. The van der Waals surface area contributed by atoms with E-state index in [9.17, 15) is 18.0 Å². The molecule has 29 heavy (non-hydrogen) atoms. The quantitative estimate of drug-likeness (QED) is 0.559. The SMILES string of the molecule is COc1cc(C(=O)NNC(=O)CSC2CCS(=O)(=O)C2)ccc1OCCC(C)C. The maximum atomic E-state index is 12.3. The van der Waals surface area contributed by atoms with Gasteiger partial charge in [0.25, 0.3) is 5.91 Å². The number of ether oxygens (including phenoxy) is 2. The maximum absolute atomic E-state index is 12.3. The number of thioether (sulfide) groups is 1. The minimum absolute atomic E-state index is 0.0750. The second-order valence-corrected chi connectivity index (χ2v) is 10.8. The van der Waals surface area contributed by atoms with Gasteiger partial charge in [-0.15, -0.1) is 11.8 Å². The highest BCUT2D eigenvalue weighted by atomic mass is 32.2. The van der Waals surface area contributed by atoms with E-state index in [4.69, 9.17) is 9.47 Å². The van der Waals surface area contributed by atoms with Crippen LogP contribution < -0.4 is 20.3 Å². The number of benzene rings is 1. The first-order valence-corrected chi connectivity index (χ1v) is 12.3.